The van der Waals surface area contributed by atoms with Crippen molar-refractivity contribution in [3.8, 4) is 0 Å². The molecule has 2 heterocycles. The van der Waals surface area contributed by atoms with Gasteiger partial charge in [-0.05, 0) is 48.5 Å². The van der Waals surface area contributed by atoms with Gasteiger partial charge in [0.2, 0.25) is 0 Å². The summed E-state index contributed by atoms with van der Waals surface area (Å²) in [5, 5.41) is 3.93. The predicted molar refractivity (Wildman–Crippen MR) is 118 cm³/mol. The van der Waals surface area contributed by atoms with Gasteiger partial charge in [0.1, 0.15) is 5.84 Å². The van der Waals surface area contributed by atoms with E-state index in [4.69, 9.17) is 12.2 Å². The number of fused-ring (bicyclic) bond motifs is 1. The molecule has 2 aliphatic rings. The number of nitrogens with zero attached hydrogens (tertiary/aromatic N) is 3. The van der Waals surface area contributed by atoms with E-state index in [0.29, 0.717) is 18.2 Å². The van der Waals surface area contributed by atoms with Gasteiger partial charge in [-0.2, -0.15) is 0 Å². The number of hydrogen-bond acceptors (Lipinski definition) is 2. The van der Waals surface area contributed by atoms with Gasteiger partial charge < -0.3 is 15.1 Å². The van der Waals surface area contributed by atoms with Crippen LogP contribution in [0.2, 0.25) is 0 Å². The minimum Gasteiger partial charge on any atom is -0.368 e. The van der Waals surface area contributed by atoms with E-state index in [1.165, 1.54) is 17.2 Å². The first-order valence-corrected chi connectivity index (χ1v) is 10.2. The van der Waals surface area contributed by atoms with Crippen molar-refractivity contribution >= 4 is 34.5 Å². The van der Waals surface area contributed by atoms with Crippen molar-refractivity contribution in [1.29, 1.82) is 0 Å². The zero-order valence-corrected chi connectivity index (χ0v) is 17.4. The molecule has 1 fully saturated rings. The second-order valence-electron chi connectivity index (χ2n) is 7.66. The Bertz CT molecular complexity index is 960. The van der Waals surface area contributed by atoms with Crippen molar-refractivity contribution in [2.45, 2.75) is 26.2 Å². The Labute approximate surface area is 175 Å². The lowest BCUT2D eigenvalue weighted by atomic mass is 10.1. The molecule has 2 aromatic carbocycles. The fourth-order valence-corrected chi connectivity index (χ4v) is 4.10. The molecule has 0 radical (unpaired) electrons. The number of nitrogens with one attached hydrogen (secondary N) is 1. The Balaban J connectivity index is 1.38. The summed E-state index contributed by atoms with van der Waals surface area (Å²) < 4.78 is 27.2. The lowest BCUT2D eigenvalue weighted by Crippen LogP contribution is -2.48. The Hall–Kier alpha value is -2.54. The summed E-state index contributed by atoms with van der Waals surface area (Å²) in [6.07, 6.45) is 0.764. The van der Waals surface area contributed by atoms with Crippen LogP contribution in [0, 0.1) is 6.92 Å². The van der Waals surface area contributed by atoms with Crippen molar-refractivity contribution in [3.05, 3.63) is 59.2 Å². The normalized spacial score (nSPS) is 18.0. The molecular weight excluding hydrogens is 390 g/mol. The third kappa shape index (κ3) is 4.24. The van der Waals surface area contributed by atoms with Gasteiger partial charge in [0.15, 0.2) is 5.11 Å². The van der Waals surface area contributed by atoms with Crippen LogP contribution in [0.15, 0.2) is 47.5 Å². The molecule has 0 unspecified atom stereocenters. The molecular formula is C22H24F2N4S. The number of aryl methyl sites for hydroxylation is 1. The van der Waals surface area contributed by atoms with E-state index in [-0.39, 0.29) is 5.56 Å². The first kappa shape index (κ1) is 19.8. The first-order chi connectivity index (χ1) is 13.8. The molecule has 0 aliphatic carbocycles. The summed E-state index contributed by atoms with van der Waals surface area (Å²) in [5.41, 5.74) is 4.49. The molecule has 0 spiro atoms. The van der Waals surface area contributed by atoms with Crippen LogP contribution in [0.5, 0.6) is 0 Å². The van der Waals surface area contributed by atoms with E-state index >= 15 is 0 Å². The lowest BCUT2D eigenvalue weighted by molar-refractivity contribution is 0.0175. The Morgan fingerprint density at radius 2 is 1.83 bits per heavy atom. The lowest BCUT2D eigenvalue weighted by Gasteiger charge is -2.36. The molecule has 0 saturated carbocycles. The molecule has 1 N–H and O–H groups in total. The zero-order valence-electron chi connectivity index (χ0n) is 16.6. The fraction of sp³-hybridized carbons (Fsp3) is 0.364. The van der Waals surface area contributed by atoms with E-state index in [9.17, 15) is 8.78 Å². The van der Waals surface area contributed by atoms with Crippen LogP contribution < -0.4 is 10.2 Å². The van der Waals surface area contributed by atoms with Gasteiger partial charge in [0.25, 0.3) is 5.92 Å². The molecule has 4 nitrogen and oxygen atoms in total. The van der Waals surface area contributed by atoms with Gasteiger partial charge in [-0.1, -0.05) is 24.3 Å². The summed E-state index contributed by atoms with van der Waals surface area (Å²) >= 11 is 5.56. The number of alkyl halides is 2. The quantitative estimate of drug-likeness (QED) is 0.729. The summed E-state index contributed by atoms with van der Waals surface area (Å²) in [7, 11) is 0. The van der Waals surface area contributed by atoms with Crippen LogP contribution in [0.25, 0.3) is 0 Å². The zero-order chi connectivity index (χ0) is 20.6. The topological polar surface area (TPSA) is 30.9 Å². The number of aliphatic imine (C=N–C) groups is 1. The van der Waals surface area contributed by atoms with Gasteiger partial charge in [0, 0.05) is 56.5 Å². The molecule has 7 heteroatoms. The number of halogens is 2. The van der Waals surface area contributed by atoms with Crippen molar-refractivity contribution in [2.24, 2.45) is 4.99 Å². The number of rotatable bonds is 2. The van der Waals surface area contributed by atoms with Crippen molar-refractivity contribution in [2.75, 3.05) is 36.4 Å². The van der Waals surface area contributed by atoms with Crippen LogP contribution in [0.4, 0.5) is 20.2 Å². The number of piperazine rings is 1. The molecule has 0 atom stereocenters. The predicted octanol–water partition coefficient (Wildman–Crippen LogP) is 4.58. The number of thiocarbonyl (C=S) groups is 1. The molecule has 152 valence electrons. The summed E-state index contributed by atoms with van der Waals surface area (Å²) in [6, 6.07) is 12.8. The van der Waals surface area contributed by atoms with E-state index in [1.54, 1.807) is 12.1 Å². The molecule has 1 saturated heterocycles. The van der Waals surface area contributed by atoms with Crippen LogP contribution in [-0.2, 0) is 12.3 Å². The average Bonchev–Trinajstić information content (AvgIpc) is 3.11. The van der Waals surface area contributed by atoms with Crippen LogP contribution in [0.3, 0.4) is 0 Å². The highest BCUT2D eigenvalue weighted by molar-refractivity contribution is 7.80. The fourth-order valence-electron chi connectivity index (χ4n) is 3.81. The third-order valence-electron chi connectivity index (χ3n) is 5.53. The minimum atomic E-state index is -2.83. The molecule has 2 aromatic rings. The average molecular weight is 415 g/mol. The molecule has 0 amide bonds. The van der Waals surface area contributed by atoms with Crippen LogP contribution >= 0.6 is 12.2 Å². The molecule has 0 aromatic heterocycles. The highest BCUT2D eigenvalue weighted by atomic mass is 32.1. The summed E-state index contributed by atoms with van der Waals surface area (Å²) in [6.45, 7) is 5.90. The van der Waals surface area contributed by atoms with E-state index in [1.807, 2.05) is 12.1 Å². The standard InChI is InChI=1S/C22H24F2N4S/c1-15-5-3-8-19-18(15)14-20(25-19)26-21(29)28-11-9-27(10-12-28)17-7-4-6-16(13-17)22(2,23)24/h3-8,13H,9-12,14H2,1-2H3,(H,25,26,29). The second kappa shape index (κ2) is 7.71. The number of hydrogen-bond donors (Lipinski definition) is 1. The Kier molecular flexibility index (Phi) is 5.25. The second-order valence-corrected chi connectivity index (χ2v) is 8.02. The Morgan fingerprint density at radius 3 is 2.52 bits per heavy atom. The number of benzene rings is 2. The van der Waals surface area contributed by atoms with Gasteiger partial charge in [-0.3, -0.25) is 0 Å². The minimum absolute atomic E-state index is 0.0431. The van der Waals surface area contributed by atoms with Crippen LogP contribution in [-0.4, -0.2) is 42.0 Å². The maximum Gasteiger partial charge on any atom is 0.270 e. The van der Waals surface area contributed by atoms with Gasteiger partial charge in [-0.15, -0.1) is 0 Å². The number of anilines is 2. The molecule has 29 heavy (non-hydrogen) atoms. The molecule has 2 aliphatic heterocycles. The highest BCUT2D eigenvalue weighted by Gasteiger charge is 2.26. The molecule has 4 rings (SSSR count). The van der Waals surface area contributed by atoms with Gasteiger partial charge in [0.05, 0.1) is 0 Å². The largest absolute Gasteiger partial charge is 0.368 e. The summed E-state index contributed by atoms with van der Waals surface area (Å²) in [5.74, 6) is -1.96. The third-order valence-corrected chi connectivity index (χ3v) is 5.88. The Morgan fingerprint density at radius 1 is 1.10 bits per heavy atom. The van der Waals surface area contributed by atoms with Crippen molar-refractivity contribution < 1.29 is 8.78 Å². The van der Waals surface area contributed by atoms with E-state index in [0.717, 1.165) is 43.6 Å². The summed E-state index contributed by atoms with van der Waals surface area (Å²) in [4.78, 5) is 8.84. The SMILES string of the molecule is Cc1cccc2c1CC(=NC(=S)N1CCN(c3cccc(C(C)(F)F)c3)CC1)N2. The first-order valence-electron chi connectivity index (χ1n) is 9.76. The van der Waals surface area contributed by atoms with Crippen LogP contribution in [0.1, 0.15) is 23.6 Å². The smallest absolute Gasteiger partial charge is 0.270 e. The van der Waals surface area contributed by atoms with Crippen molar-refractivity contribution in [1.82, 2.24) is 4.90 Å². The molecule has 0 bridgehead atoms. The monoisotopic (exact) mass is 414 g/mol. The van der Waals surface area contributed by atoms with Crippen molar-refractivity contribution in [3.63, 3.8) is 0 Å². The maximum absolute atomic E-state index is 13.6. The highest BCUT2D eigenvalue weighted by Crippen LogP contribution is 2.30. The van der Waals surface area contributed by atoms with E-state index in [2.05, 4.69) is 39.2 Å². The van der Waals surface area contributed by atoms with E-state index < -0.39 is 5.92 Å². The number of amidine groups is 1. The van der Waals surface area contributed by atoms with Gasteiger partial charge >= 0.3 is 0 Å². The maximum atomic E-state index is 13.6. The van der Waals surface area contributed by atoms with Gasteiger partial charge in [-0.25, -0.2) is 13.8 Å².